The molecule has 0 aliphatic heterocycles. The van der Waals surface area contributed by atoms with Gasteiger partial charge in [-0.05, 0) is 36.3 Å². The van der Waals surface area contributed by atoms with E-state index in [9.17, 15) is 10.2 Å². The first-order valence-electron chi connectivity index (χ1n) is 7.21. The van der Waals surface area contributed by atoms with E-state index in [4.69, 9.17) is 0 Å². The summed E-state index contributed by atoms with van der Waals surface area (Å²) >= 11 is 0. The van der Waals surface area contributed by atoms with Crippen LogP contribution in [-0.2, 0) is 0 Å². The molecule has 1 saturated carbocycles. The van der Waals surface area contributed by atoms with Crippen LogP contribution in [0, 0.1) is 0 Å². The molecule has 0 heterocycles. The van der Waals surface area contributed by atoms with Gasteiger partial charge in [0.25, 0.3) is 0 Å². The van der Waals surface area contributed by atoms with Crippen molar-refractivity contribution in [2.45, 2.75) is 50.7 Å². The predicted octanol–water partition coefficient (Wildman–Crippen LogP) is 2.35. The van der Waals surface area contributed by atoms with Crippen LogP contribution in [0.25, 0.3) is 0 Å². The van der Waals surface area contributed by atoms with Gasteiger partial charge in [-0.3, -0.25) is 0 Å². The lowest BCUT2D eigenvalue weighted by Gasteiger charge is -2.37. The maximum Gasteiger partial charge on any atom is 0.0914 e. The van der Waals surface area contributed by atoms with Crippen molar-refractivity contribution in [2.24, 2.45) is 0 Å². The second-order valence-electron chi connectivity index (χ2n) is 6.05. The zero-order chi connectivity index (χ0) is 13.9. The molecule has 0 amide bonds. The molecule has 3 heteroatoms. The molecule has 1 aliphatic rings. The van der Waals surface area contributed by atoms with Gasteiger partial charge >= 0.3 is 0 Å². The highest BCUT2D eigenvalue weighted by Gasteiger charge is 2.33. The van der Waals surface area contributed by atoms with Gasteiger partial charge in [-0.15, -0.1) is 0 Å². The zero-order valence-electron chi connectivity index (χ0n) is 11.9. The van der Waals surface area contributed by atoms with Crippen molar-refractivity contribution in [3.63, 3.8) is 0 Å². The lowest BCUT2D eigenvalue weighted by atomic mass is 9.80. The van der Waals surface area contributed by atoms with E-state index in [2.05, 4.69) is 31.3 Å². The van der Waals surface area contributed by atoms with Gasteiger partial charge in [0.05, 0.1) is 11.7 Å². The molecule has 0 spiro atoms. The highest BCUT2D eigenvalue weighted by molar-refractivity contribution is 5.26. The van der Waals surface area contributed by atoms with Gasteiger partial charge in [-0.1, -0.05) is 38.1 Å². The largest absolute Gasteiger partial charge is 0.389 e. The summed E-state index contributed by atoms with van der Waals surface area (Å²) < 4.78 is 0. The molecule has 1 unspecified atom stereocenters. The van der Waals surface area contributed by atoms with Crippen LogP contribution in [0.3, 0.4) is 0 Å². The number of hydrogen-bond acceptors (Lipinski definition) is 3. The van der Waals surface area contributed by atoms with Crippen LogP contribution in [0.2, 0.25) is 0 Å². The van der Waals surface area contributed by atoms with Crippen molar-refractivity contribution in [3.8, 4) is 0 Å². The lowest BCUT2D eigenvalue weighted by molar-refractivity contribution is -0.0328. The van der Waals surface area contributed by atoms with Crippen LogP contribution in [0.5, 0.6) is 0 Å². The van der Waals surface area contributed by atoms with Crippen molar-refractivity contribution in [1.29, 1.82) is 0 Å². The Kier molecular flexibility index (Phi) is 4.61. The molecule has 106 valence electrons. The van der Waals surface area contributed by atoms with E-state index < -0.39 is 11.7 Å². The number of rotatable bonds is 6. The van der Waals surface area contributed by atoms with E-state index in [1.807, 2.05) is 12.1 Å². The molecular formula is C16H25NO2. The van der Waals surface area contributed by atoms with E-state index in [0.717, 1.165) is 24.8 Å². The van der Waals surface area contributed by atoms with Crippen molar-refractivity contribution in [1.82, 2.24) is 5.32 Å². The van der Waals surface area contributed by atoms with Gasteiger partial charge in [0.2, 0.25) is 0 Å². The molecule has 1 aliphatic carbocycles. The molecule has 1 fully saturated rings. The Morgan fingerprint density at radius 1 is 1.16 bits per heavy atom. The standard InChI is InChI=1S/C16H25NO2/c1-12(2)13-4-6-14(7-5-13)15(18)10-17-11-16(19)8-3-9-16/h4-7,12,15,17-19H,3,8-11H2,1-2H3. The third-order valence-electron chi connectivity index (χ3n) is 4.06. The van der Waals surface area contributed by atoms with Gasteiger partial charge in [-0.2, -0.15) is 0 Å². The van der Waals surface area contributed by atoms with Gasteiger partial charge in [0.1, 0.15) is 0 Å². The van der Waals surface area contributed by atoms with Crippen molar-refractivity contribution < 1.29 is 10.2 Å². The smallest absolute Gasteiger partial charge is 0.0914 e. The molecule has 1 aromatic rings. The molecule has 0 saturated heterocycles. The molecule has 1 atom stereocenters. The number of aliphatic hydroxyl groups excluding tert-OH is 1. The normalized spacial score (nSPS) is 19.2. The predicted molar refractivity (Wildman–Crippen MR) is 77.2 cm³/mol. The maximum absolute atomic E-state index is 10.1. The van der Waals surface area contributed by atoms with Gasteiger partial charge in [0.15, 0.2) is 0 Å². The molecule has 1 aromatic carbocycles. The van der Waals surface area contributed by atoms with E-state index in [1.54, 1.807) is 0 Å². The first kappa shape index (κ1) is 14.5. The number of aliphatic hydroxyl groups is 2. The Labute approximate surface area is 115 Å². The summed E-state index contributed by atoms with van der Waals surface area (Å²) in [6.45, 7) is 5.39. The Bertz CT molecular complexity index is 396. The minimum Gasteiger partial charge on any atom is -0.389 e. The van der Waals surface area contributed by atoms with Gasteiger partial charge in [-0.25, -0.2) is 0 Å². The van der Waals surface area contributed by atoms with Crippen LogP contribution in [0.15, 0.2) is 24.3 Å². The summed E-state index contributed by atoms with van der Waals surface area (Å²) in [5, 5.41) is 23.2. The third-order valence-corrected chi connectivity index (χ3v) is 4.06. The molecule has 3 nitrogen and oxygen atoms in total. The SMILES string of the molecule is CC(C)c1ccc(C(O)CNCC2(O)CCC2)cc1. The number of nitrogens with one attached hydrogen (secondary N) is 1. The molecule has 2 rings (SSSR count). The minimum atomic E-state index is -0.527. The molecular weight excluding hydrogens is 238 g/mol. The number of hydrogen-bond donors (Lipinski definition) is 3. The quantitative estimate of drug-likeness (QED) is 0.738. The number of benzene rings is 1. The topological polar surface area (TPSA) is 52.5 Å². The van der Waals surface area contributed by atoms with Crippen LogP contribution >= 0.6 is 0 Å². The van der Waals surface area contributed by atoms with Gasteiger partial charge in [0, 0.05) is 13.1 Å². The first-order chi connectivity index (χ1) is 9.00. The lowest BCUT2D eigenvalue weighted by Crippen LogP contribution is -2.46. The molecule has 3 N–H and O–H groups in total. The van der Waals surface area contributed by atoms with Crippen molar-refractivity contribution in [3.05, 3.63) is 35.4 Å². The molecule has 0 aromatic heterocycles. The third kappa shape index (κ3) is 3.78. The molecule has 19 heavy (non-hydrogen) atoms. The van der Waals surface area contributed by atoms with Crippen LogP contribution < -0.4 is 5.32 Å². The summed E-state index contributed by atoms with van der Waals surface area (Å²) in [6, 6.07) is 8.12. The Balaban J connectivity index is 1.80. The summed E-state index contributed by atoms with van der Waals surface area (Å²) in [5.74, 6) is 0.511. The summed E-state index contributed by atoms with van der Waals surface area (Å²) in [6.07, 6.45) is 2.35. The highest BCUT2D eigenvalue weighted by atomic mass is 16.3. The fourth-order valence-electron chi connectivity index (χ4n) is 2.42. The fourth-order valence-corrected chi connectivity index (χ4v) is 2.42. The minimum absolute atomic E-state index is 0.489. The Morgan fingerprint density at radius 2 is 1.74 bits per heavy atom. The molecule has 0 bridgehead atoms. The van der Waals surface area contributed by atoms with E-state index in [-0.39, 0.29) is 0 Å². The van der Waals surface area contributed by atoms with Crippen LogP contribution in [0.1, 0.15) is 56.3 Å². The summed E-state index contributed by atoms with van der Waals surface area (Å²) in [5.41, 5.74) is 1.69. The van der Waals surface area contributed by atoms with Crippen LogP contribution in [0.4, 0.5) is 0 Å². The summed E-state index contributed by atoms with van der Waals surface area (Å²) in [7, 11) is 0. The van der Waals surface area contributed by atoms with E-state index in [1.165, 1.54) is 5.56 Å². The zero-order valence-corrected chi connectivity index (χ0v) is 11.9. The van der Waals surface area contributed by atoms with E-state index in [0.29, 0.717) is 19.0 Å². The molecule has 0 radical (unpaired) electrons. The van der Waals surface area contributed by atoms with E-state index >= 15 is 0 Å². The maximum atomic E-state index is 10.1. The average molecular weight is 263 g/mol. The van der Waals surface area contributed by atoms with Crippen molar-refractivity contribution in [2.75, 3.05) is 13.1 Å². The Hall–Kier alpha value is -0.900. The van der Waals surface area contributed by atoms with Crippen molar-refractivity contribution >= 4 is 0 Å². The second-order valence-corrected chi connectivity index (χ2v) is 6.05. The van der Waals surface area contributed by atoms with Gasteiger partial charge < -0.3 is 15.5 Å². The average Bonchev–Trinajstić information content (AvgIpc) is 2.36. The Morgan fingerprint density at radius 3 is 2.21 bits per heavy atom. The monoisotopic (exact) mass is 263 g/mol. The fraction of sp³-hybridized carbons (Fsp3) is 0.625. The highest BCUT2D eigenvalue weighted by Crippen LogP contribution is 2.30. The second kappa shape index (κ2) is 6.04. The first-order valence-corrected chi connectivity index (χ1v) is 7.21. The summed E-state index contributed by atoms with van der Waals surface area (Å²) in [4.78, 5) is 0. The van der Waals surface area contributed by atoms with Crippen LogP contribution in [-0.4, -0.2) is 28.9 Å².